The molecule has 3 aromatic rings. The summed E-state index contributed by atoms with van der Waals surface area (Å²) in [5.41, 5.74) is 4.06. The summed E-state index contributed by atoms with van der Waals surface area (Å²) < 4.78 is 7.12. The molecule has 2 aliphatic rings. The van der Waals surface area contributed by atoms with Gasteiger partial charge in [0, 0.05) is 40.8 Å². The Morgan fingerprint density at radius 2 is 1.91 bits per heavy atom. The summed E-state index contributed by atoms with van der Waals surface area (Å²) in [6.45, 7) is 2.24. The van der Waals surface area contributed by atoms with E-state index in [0.29, 0.717) is 17.1 Å². The van der Waals surface area contributed by atoms with Gasteiger partial charge in [0.1, 0.15) is 10.0 Å². The second-order valence-corrected chi connectivity index (χ2v) is 10.2. The Morgan fingerprint density at radius 1 is 1.09 bits per heavy atom. The van der Waals surface area contributed by atoms with Gasteiger partial charge in [-0.1, -0.05) is 0 Å². The quantitative estimate of drug-likeness (QED) is 0.487. The Bertz CT molecular complexity index is 1150. The molecule has 32 heavy (non-hydrogen) atoms. The molecule has 0 aromatic carbocycles. The Kier molecular flexibility index (Phi) is 6.03. The lowest BCUT2D eigenvalue weighted by Gasteiger charge is -2.15. The van der Waals surface area contributed by atoms with Crippen molar-refractivity contribution < 1.29 is 14.3 Å². The van der Waals surface area contributed by atoms with Crippen molar-refractivity contribution in [3.05, 3.63) is 56.5 Å². The maximum Gasteiger partial charge on any atom is 0.341 e. The number of carbonyl (C=O) groups is 2. The number of aryl methyl sites for hydroxylation is 1. The number of hydrogen-bond acceptors (Lipinski definition) is 6. The average Bonchev–Trinajstić information content (AvgIpc) is 3.53. The maximum atomic E-state index is 12.9. The van der Waals surface area contributed by atoms with Crippen LogP contribution in [-0.2, 0) is 37.1 Å². The van der Waals surface area contributed by atoms with Crippen LogP contribution in [0.3, 0.4) is 0 Å². The molecular weight excluding hydrogens is 444 g/mol. The van der Waals surface area contributed by atoms with Crippen molar-refractivity contribution in [2.45, 2.75) is 45.2 Å². The zero-order valence-electron chi connectivity index (χ0n) is 18.0. The lowest BCUT2D eigenvalue weighted by atomic mass is 9.95. The van der Waals surface area contributed by atoms with Gasteiger partial charge in [-0.2, -0.15) is 0 Å². The third-order valence-electron chi connectivity index (χ3n) is 6.07. The summed E-state index contributed by atoms with van der Waals surface area (Å²) in [5.74, 6) is -0.381. The molecule has 4 heterocycles. The van der Waals surface area contributed by atoms with Crippen LogP contribution in [0.1, 0.15) is 49.6 Å². The summed E-state index contributed by atoms with van der Waals surface area (Å²) in [7, 11) is 1.39. The first-order valence-electron chi connectivity index (χ1n) is 10.9. The fourth-order valence-corrected chi connectivity index (χ4v) is 7.11. The topological polar surface area (TPSA) is 84.4 Å². The minimum absolute atomic E-state index is 0.305. The minimum atomic E-state index is -0.381. The van der Waals surface area contributed by atoms with Crippen LogP contribution in [0.2, 0.25) is 0 Å². The van der Waals surface area contributed by atoms with E-state index in [0.717, 1.165) is 61.3 Å². The van der Waals surface area contributed by atoms with Crippen molar-refractivity contribution >= 4 is 39.7 Å². The number of aromatic nitrogens is 1. The molecule has 0 fully saturated rings. The van der Waals surface area contributed by atoms with Gasteiger partial charge in [-0.3, -0.25) is 5.32 Å². The number of urea groups is 1. The summed E-state index contributed by atoms with van der Waals surface area (Å²) in [5, 5.41) is 11.1. The highest BCUT2D eigenvalue weighted by Gasteiger charge is 2.27. The molecule has 1 aliphatic carbocycles. The monoisotopic (exact) mass is 470 g/mol. The second-order valence-electron chi connectivity index (χ2n) is 8.02. The highest BCUT2D eigenvalue weighted by Crippen LogP contribution is 2.38. The summed E-state index contributed by atoms with van der Waals surface area (Å²) in [4.78, 5) is 27.8. The molecule has 1 aliphatic heterocycles. The molecule has 3 N–H and O–H groups in total. The lowest BCUT2D eigenvalue weighted by Crippen LogP contribution is -2.30. The van der Waals surface area contributed by atoms with Crippen molar-refractivity contribution in [1.82, 2.24) is 15.2 Å². The normalized spacial score (nSPS) is 15.0. The molecular formula is C23H26N4O3S2. The van der Waals surface area contributed by atoms with E-state index in [1.165, 1.54) is 33.8 Å². The number of nitrogens with one attached hydrogen (secondary N) is 3. The van der Waals surface area contributed by atoms with Gasteiger partial charge in [-0.05, 0) is 61.9 Å². The van der Waals surface area contributed by atoms with Crippen LogP contribution in [0.25, 0.3) is 5.00 Å². The minimum Gasteiger partial charge on any atom is -0.465 e. The zero-order valence-corrected chi connectivity index (χ0v) is 19.6. The fourth-order valence-electron chi connectivity index (χ4n) is 4.53. The van der Waals surface area contributed by atoms with E-state index in [-0.39, 0.29) is 12.0 Å². The van der Waals surface area contributed by atoms with E-state index in [2.05, 4.69) is 20.5 Å². The molecule has 0 spiro atoms. The first kappa shape index (κ1) is 21.2. The molecule has 9 heteroatoms. The molecule has 168 valence electrons. The second kappa shape index (κ2) is 9.09. The highest BCUT2D eigenvalue weighted by molar-refractivity contribution is 7.17. The van der Waals surface area contributed by atoms with Crippen molar-refractivity contribution in [3.8, 4) is 5.00 Å². The molecule has 7 nitrogen and oxygen atoms in total. The molecule has 3 aromatic heterocycles. The van der Waals surface area contributed by atoms with Crippen LogP contribution >= 0.6 is 22.7 Å². The number of rotatable bonds is 5. The van der Waals surface area contributed by atoms with E-state index in [1.54, 1.807) is 11.3 Å². The van der Waals surface area contributed by atoms with Crippen molar-refractivity contribution in [1.29, 1.82) is 0 Å². The standard InChI is InChI=1S/C23H26N4O3S2/c1-30-22(28)19-15-6-2-3-7-17(15)31-20(19)26-23(29)25-12-16-14-8-9-24-13-18(14)32-21(16)27-10-4-5-11-27/h4-5,10-11,24H,2-3,6-9,12-13H2,1H3,(H2,25,26,29). The molecule has 0 saturated heterocycles. The number of anilines is 1. The van der Waals surface area contributed by atoms with Crippen molar-refractivity contribution in [2.75, 3.05) is 19.0 Å². The van der Waals surface area contributed by atoms with E-state index >= 15 is 0 Å². The van der Waals surface area contributed by atoms with Gasteiger partial charge in [0.2, 0.25) is 0 Å². The third-order valence-corrected chi connectivity index (χ3v) is 8.56. The lowest BCUT2D eigenvalue weighted by molar-refractivity contribution is 0.0601. The van der Waals surface area contributed by atoms with Gasteiger partial charge in [-0.25, -0.2) is 9.59 Å². The third kappa shape index (κ3) is 3.96. The Balaban J connectivity index is 1.36. The van der Waals surface area contributed by atoms with E-state index in [9.17, 15) is 9.59 Å². The van der Waals surface area contributed by atoms with Crippen LogP contribution < -0.4 is 16.0 Å². The smallest absolute Gasteiger partial charge is 0.341 e. The van der Waals surface area contributed by atoms with Gasteiger partial charge in [0.15, 0.2) is 0 Å². The number of esters is 1. The fraction of sp³-hybridized carbons (Fsp3) is 0.391. The number of thiophene rings is 2. The molecule has 0 bridgehead atoms. The van der Waals surface area contributed by atoms with E-state index < -0.39 is 0 Å². The Hall–Kier alpha value is -2.62. The van der Waals surface area contributed by atoms with Crippen LogP contribution in [0.4, 0.5) is 9.80 Å². The van der Waals surface area contributed by atoms with Crippen molar-refractivity contribution in [2.24, 2.45) is 0 Å². The first-order chi connectivity index (χ1) is 15.7. The van der Waals surface area contributed by atoms with Crippen LogP contribution in [-0.4, -0.2) is 30.2 Å². The average molecular weight is 471 g/mol. The van der Waals surface area contributed by atoms with Crippen LogP contribution in [0.15, 0.2) is 24.5 Å². The summed E-state index contributed by atoms with van der Waals surface area (Å²) in [6.07, 6.45) is 8.99. The van der Waals surface area contributed by atoms with E-state index in [4.69, 9.17) is 4.74 Å². The number of nitrogens with zero attached hydrogens (tertiary/aromatic N) is 1. The number of ether oxygens (including phenoxy) is 1. The Labute approximate surface area is 194 Å². The molecule has 5 rings (SSSR count). The molecule has 0 saturated carbocycles. The predicted octanol–water partition coefficient (Wildman–Crippen LogP) is 4.23. The van der Waals surface area contributed by atoms with E-state index in [1.807, 2.05) is 24.5 Å². The Morgan fingerprint density at radius 3 is 2.72 bits per heavy atom. The number of carbonyl (C=O) groups excluding carboxylic acids is 2. The first-order valence-corrected chi connectivity index (χ1v) is 12.5. The number of amides is 2. The SMILES string of the molecule is COC(=O)c1c(NC(=O)NCc2c(-n3cccc3)sc3c2CCNC3)sc2c1CCCC2. The number of hydrogen-bond donors (Lipinski definition) is 3. The maximum absolute atomic E-state index is 12.9. The van der Waals surface area contributed by atoms with Gasteiger partial charge < -0.3 is 19.9 Å². The van der Waals surface area contributed by atoms with Gasteiger partial charge >= 0.3 is 12.0 Å². The van der Waals surface area contributed by atoms with Gasteiger partial charge in [0.05, 0.1) is 12.7 Å². The summed E-state index contributed by atoms with van der Waals surface area (Å²) in [6, 6.07) is 3.71. The molecule has 0 unspecified atom stereocenters. The highest BCUT2D eigenvalue weighted by atomic mass is 32.1. The number of methoxy groups -OCH3 is 1. The zero-order chi connectivity index (χ0) is 22.1. The summed E-state index contributed by atoms with van der Waals surface area (Å²) >= 11 is 3.27. The largest absolute Gasteiger partial charge is 0.465 e. The van der Waals surface area contributed by atoms with Gasteiger partial charge in [0.25, 0.3) is 0 Å². The molecule has 0 radical (unpaired) electrons. The predicted molar refractivity (Wildman–Crippen MR) is 127 cm³/mol. The van der Waals surface area contributed by atoms with Crippen LogP contribution in [0.5, 0.6) is 0 Å². The van der Waals surface area contributed by atoms with Crippen molar-refractivity contribution in [3.63, 3.8) is 0 Å². The van der Waals surface area contributed by atoms with Crippen LogP contribution in [0, 0.1) is 0 Å². The van der Waals surface area contributed by atoms with Gasteiger partial charge in [-0.15, -0.1) is 22.7 Å². The molecule has 0 atom stereocenters. The molecule has 2 amide bonds. The number of fused-ring (bicyclic) bond motifs is 2.